The zero-order valence-corrected chi connectivity index (χ0v) is 20.5. The predicted octanol–water partition coefficient (Wildman–Crippen LogP) is 4.43. The highest BCUT2D eigenvalue weighted by Gasteiger charge is 2.40. The highest BCUT2D eigenvalue weighted by atomic mass is 16.6. The maximum atomic E-state index is 12.2. The Labute approximate surface area is 209 Å². The molecule has 3 atom stereocenters. The molecule has 0 spiro atoms. The van der Waals surface area contributed by atoms with Gasteiger partial charge in [-0.3, -0.25) is 10.1 Å². The van der Waals surface area contributed by atoms with E-state index in [0.717, 1.165) is 74.1 Å². The third-order valence-corrected chi connectivity index (χ3v) is 7.46. The van der Waals surface area contributed by atoms with Crippen LogP contribution >= 0.6 is 0 Å². The number of aromatic amines is 1. The third kappa shape index (κ3) is 5.09. The van der Waals surface area contributed by atoms with E-state index in [1.807, 2.05) is 25.1 Å². The quantitative estimate of drug-likeness (QED) is 0.422. The number of rotatable bonds is 8. The Bertz CT molecular complexity index is 1240. The van der Waals surface area contributed by atoms with Crippen molar-refractivity contribution in [3.63, 3.8) is 0 Å². The van der Waals surface area contributed by atoms with Crippen molar-refractivity contribution in [2.75, 3.05) is 25.1 Å². The summed E-state index contributed by atoms with van der Waals surface area (Å²) < 4.78 is 17.2. The normalized spacial score (nSPS) is 24.5. The van der Waals surface area contributed by atoms with E-state index in [0.29, 0.717) is 24.2 Å². The lowest BCUT2D eigenvalue weighted by atomic mass is 10.0. The van der Waals surface area contributed by atoms with Crippen LogP contribution in [-0.4, -0.2) is 57.7 Å². The highest BCUT2D eigenvalue weighted by molar-refractivity contribution is 5.93. The van der Waals surface area contributed by atoms with Crippen LogP contribution in [0.1, 0.15) is 57.1 Å². The highest BCUT2D eigenvalue weighted by Crippen LogP contribution is 2.38. The van der Waals surface area contributed by atoms with Gasteiger partial charge in [0.25, 0.3) is 0 Å². The molecule has 6 rings (SSSR count). The minimum atomic E-state index is -0.304. The van der Waals surface area contributed by atoms with Crippen molar-refractivity contribution < 1.29 is 19.0 Å². The van der Waals surface area contributed by atoms with Gasteiger partial charge in [0.05, 0.1) is 13.2 Å². The van der Waals surface area contributed by atoms with Gasteiger partial charge in [0.15, 0.2) is 11.6 Å². The van der Waals surface area contributed by atoms with Gasteiger partial charge >= 0.3 is 6.09 Å². The number of carbonyl (C=O) groups is 1. The Morgan fingerprint density at radius 3 is 2.94 bits per heavy atom. The SMILES string of the molecule is CC1(NC(=O)OC2CCC(c3cc(Nc4nccc5c(OCC6CCOC6)ccnc45)n[nH]3)C2)CC1. The van der Waals surface area contributed by atoms with Gasteiger partial charge in [-0.2, -0.15) is 5.10 Å². The van der Waals surface area contributed by atoms with E-state index in [2.05, 4.69) is 30.8 Å². The fourth-order valence-corrected chi connectivity index (χ4v) is 4.99. The molecule has 0 bridgehead atoms. The zero-order chi connectivity index (χ0) is 24.5. The molecule has 1 amide bonds. The molecule has 10 heteroatoms. The van der Waals surface area contributed by atoms with Crippen LogP contribution in [0.5, 0.6) is 5.75 Å². The van der Waals surface area contributed by atoms with Crippen molar-refractivity contribution in [3.8, 4) is 5.75 Å². The molecule has 3 aromatic heterocycles. The fourth-order valence-electron chi connectivity index (χ4n) is 4.99. The second-order valence-electron chi connectivity index (χ2n) is 10.5. The van der Waals surface area contributed by atoms with Crippen LogP contribution in [0.4, 0.5) is 16.4 Å². The molecule has 10 nitrogen and oxygen atoms in total. The summed E-state index contributed by atoms with van der Waals surface area (Å²) in [6.07, 6.45) is 8.75. The first-order chi connectivity index (χ1) is 17.5. The summed E-state index contributed by atoms with van der Waals surface area (Å²) in [5.41, 5.74) is 1.68. The van der Waals surface area contributed by atoms with Gasteiger partial charge in [0.1, 0.15) is 17.4 Å². The lowest BCUT2D eigenvalue weighted by molar-refractivity contribution is 0.0967. The number of aromatic nitrogens is 4. The zero-order valence-electron chi connectivity index (χ0n) is 20.5. The molecule has 0 aromatic carbocycles. The molecule has 2 saturated carbocycles. The summed E-state index contributed by atoms with van der Waals surface area (Å²) in [6.45, 7) is 4.22. The molecule has 1 aliphatic heterocycles. The molecule has 3 unspecified atom stereocenters. The average molecular weight is 493 g/mol. The Kier molecular flexibility index (Phi) is 6.12. The number of fused-ring (bicyclic) bond motifs is 1. The minimum Gasteiger partial charge on any atom is -0.492 e. The number of H-pyrrole nitrogens is 1. The van der Waals surface area contributed by atoms with Gasteiger partial charge in [-0.15, -0.1) is 0 Å². The number of hydrogen-bond donors (Lipinski definition) is 3. The van der Waals surface area contributed by atoms with Crippen molar-refractivity contribution in [2.45, 2.75) is 63.0 Å². The molecule has 3 N–H and O–H groups in total. The first-order valence-electron chi connectivity index (χ1n) is 12.8. The van der Waals surface area contributed by atoms with Gasteiger partial charge in [0.2, 0.25) is 0 Å². The number of hydrogen-bond acceptors (Lipinski definition) is 8. The molecular weight excluding hydrogens is 460 g/mol. The van der Waals surface area contributed by atoms with Crippen LogP contribution in [0.2, 0.25) is 0 Å². The molecule has 2 aliphatic carbocycles. The second kappa shape index (κ2) is 9.57. The number of ether oxygens (including phenoxy) is 3. The second-order valence-corrected chi connectivity index (χ2v) is 10.5. The molecule has 3 fully saturated rings. The Balaban J connectivity index is 1.09. The predicted molar refractivity (Wildman–Crippen MR) is 133 cm³/mol. The van der Waals surface area contributed by atoms with E-state index < -0.39 is 0 Å². The van der Waals surface area contributed by atoms with Crippen LogP contribution in [0.15, 0.2) is 30.6 Å². The lowest BCUT2D eigenvalue weighted by Gasteiger charge is -2.16. The number of pyridine rings is 2. The van der Waals surface area contributed by atoms with Gasteiger partial charge in [-0.05, 0) is 57.6 Å². The third-order valence-electron chi connectivity index (χ3n) is 7.46. The molecule has 4 heterocycles. The summed E-state index contributed by atoms with van der Waals surface area (Å²) >= 11 is 0. The Morgan fingerprint density at radius 1 is 1.22 bits per heavy atom. The summed E-state index contributed by atoms with van der Waals surface area (Å²) in [7, 11) is 0. The van der Waals surface area contributed by atoms with Crippen molar-refractivity contribution >= 4 is 28.6 Å². The molecular formula is C26H32N6O4. The van der Waals surface area contributed by atoms with Gasteiger partial charge in [-0.1, -0.05) is 0 Å². The number of anilines is 2. The van der Waals surface area contributed by atoms with Crippen molar-refractivity contribution in [3.05, 3.63) is 36.3 Å². The van der Waals surface area contributed by atoms with E-state index >= 15 is 0 Å². The molecule has 1 saturated heterocycles. The Hall–Kier alpha value is -3.40. The van der Waals surface area contributed by atoms with Gasteiger partial charge in [0, 0.05) is 53.5 Å². The van der Waals surface area contributed by atoms with Crippen LogP contribution in [0.3, 0.4) is 0 Å². The standard InChI is InChI=1S/C26H32N6O4/c1-26(7-8-26)30-25(33)36-18-3-2-17(12-18)20-13-22(32-31-20)29-24-23-19(4-9-28-24)21(5-10-27-23)35-15-16-6-11-34-14-16/h4-5,9-10,13,16-18H,2-3,6-8,11-12,14-15H2,1H3,(H,30,33)(H2,28,29,31,32). The van der Waals surface area contributed by atoms with Crippen LogP contribution in [0.25, 0.3) is 10.9 Å². The van der Waals surface area contributed by atoms with E-state index in [-0.39, 0.29) is 23.7 Å². The van der Waals surface area contributed by atoms with Crippen LogP contribution in [0, 0.1) is 5.92 Å². The summed E-state index contributed by atoms with van der Waals surface area (Å²) in [4.78, 5) is 21.2. The first kappa shape index (κ1) is 23.0. The number of carbonyl (C=O) groups excluding carboxylic acids is 1. The molecule has 3 aromatic rings. The number of alkyl carbamates (subject to hydrolysis) is 1. The molecule has 190 valence electrons. The first-order valence-corrected chi connectivity index (χ1v) is 12.8. The molecule has 36 heavy (non-hydrogen) atoms. The maximum Gasteiger partial charge on any atom is 0.407 e. The molecule has 3 aliphatic rings. The average Bonchev–Trinajstić information content (AvgIpc) is 3.34. The van der Waals surface area contributed by atoms with Gasteiger partial charge < -0.3 is 24.8 Å². The smallest absolute Gasteiger partial charge is 0.407 e. The van der Waals surface area contributed by atoms with Crippen LogP contribution < -0.4 is 15.4 Å². The summed E-state index contributed by atoms with van der Waals surface area (Å²) in [5.74, 6) is 2.77. The van der Waals surface area contributed by atoms with E-state index in [4.69, 9.17) is 14.2 Å². The van der Waals surface area contributed by atoms with Crippen LogP contribution in [-0.2, 0) is 9.47 Å². The van der Waals surface area contributed by atoms with Crippen molar-refractivity contribution in [1.29, 1.82) is 0 Å². The monoisotopic (exact) mass is 492 g/mol. The fraction of sp³-hybridized carbons (Fsp3) is 0.538. The van der Waals surface area contributed by atoms with Crippen molar-refractivity contribution in [2.24, 2.45) is 5.92 Å². The van der Waals surface area contributed by atoms with E-state index in [1.54, 1.807) is 12.4 Å². The van der Waals surface area contributed by atoms with Crippen molar-refractivity contribution in [1.82, 2.24) is 25.5 Å². The van der Waals surface area contributed by atoms with E-state index in [9.17, 15) is 4.79 Å². The van der Waals surface area contributed by atoms with Gasteiger partial charge in [-0.25, -0.2) is 9.78 Å². The molecule has 0 radical (unpaired) electrons. The summed E-state index contributed by atoms with van der Waals surface area (Å²) in [6, 6.07) is 5.81. The largest absolute Gasteiger partial charge is 0.492 e. The topological polar surface area (TPSA) is 123 Å². The number of nitrogens with zero attached hydrogens (tertiary/aromatic N) is 3. The lowest BCUT2D eigenvalue weighted by Crippen LogP contribution is -2.36. The Morgan fingerprint density at radius 2 is 2.11 bits per heavy atom. The van der Waals surface area contributed by atoms with E-state index in [1.165, 1.54) is 0 Å². The summed E-state index contributed by atoms with van der Waals surface area (Å²) in [5, 5.41) is 14.8. The minimum absolute atomic E-state index is 0.0681. The maximum absolute atomic E-state index is 12.2. The number of amides is 1. The number of nitrogens with one attached hydrogen (secondary N) is 3.